The molecular weight excluding hydrogens is 494 g/mol. The molecule has 0 aliphatic heterocycles. The summed E-state index contributed by atoms with van der Waals surface area (Å²) in [6, 6.07) is 10.5. The lowest BCUT2D eigenvalue weighted by Crippen LogP contribution is -2.03. The predicted octanol–water partition coefficient (Wildman–Crippen LogP) is 9.49. The molecule has 0 aliphatic carbocycles. The van der Waals surface area contributed by atoms with E-state index < -0.39 is 0 Å². The first-order valence-electron chi connectivity index (χ1n) is 14.8. The molecule has 0 spiro atoms. The quantitative estimate of drug-likeness (QED) is 0.303. The molecule has 0 aromatic carbocycles. The summed E-state index contributed by atoms with van der Waals surface area (Å²) in [5.41, 5.74) is 7.79. The van der Waals surface area contributed by atoms with Crippen molar-refractivity contribution in [2.75, 3.05) is 7.11 Å². The van der Waals surface area contributed by atoms with Crippen LogP contribution in [-0.2, 0) is 6.61 Å². The van der Waals surface area contributed by atoms with Crippen LogP contribution in [0.3, 0.4) is 0 Å². The summed E-state index contributed by atoms with van der Waals surface area (Å²) in [5.74, 6) is 3.77. The Morgan fingerprint density at radius 2 is 1.18 bits per heavy atom. The summed E-state index contributed by atoms with van der Waals surface area (Å²) in [5, 5.41) is 9.21. The maximum atomic E-state index is 9.21. The smallest absolute Gasteiger partial charge is 0.140 e. The summed E-state index contributed by atoms with van der Waals surface area (Å²) in [6.07, 6.45) is 3.93. The van der Waals surface area contributed by atoms with Crippen molar-refractivity contribution in [3.8, 4) is 5.75 Å². The molecule has 3 aromatic heterocycles. The van der Waals surface area contributed by atoms with Gasteiger partial charge >= 0.3 is 0 Å². The third kappa shape index (κ3) is 11.0. The van der Waals surface area contributed by atoms with E-state index in [2.05, 4.69) is 128 Å². The average Bonchev–Trinajstić information content (AvgIpc) is 2.92. The second-order valence-electron chi connectivity index (χ2n) is 12.2. The fourth-order valence-corrected chi connectivity index (χ4v) is 3.99. The third-order valence-electron chi connectivity index (χ3n) is 6.80. The minimum absolute atomic E-state index is 0.0358. The van der Waals surface area contributed by atoms with E-state index in [1.807, 2.05) is 12.4 Å². The Kier molecular flexibility index (Phi) is 15.1. The minimum atomic E-state index is 0.0358. The summed E-state index contributed by atoms with van der Waals surface area (Å²) >= 11 is 0. The molecule has 0 bridgehead atoms. The number of rotatable bonds is 8. The first kappa shape index (κ1) is 35.2. The van der Waals surface area contributed by atoms with E-state index in [-0.39, 0.29) is 6.61 Å². The zero-order valence-electron chi connectivity index (χ0n) is 27.4. The van der Waals surface area contributed by atoms with Crippen molar-refractivity contribution in [3.05, 3.63) is 82.2 Å². The first-order valence-corrected chi connectivity index (χ1v) is 14.8. The molecule has 40 heavy (non-hydrogen) atoms. The molecular formula is C35H55N3O2. The zero-order chi connectivity index (χ0) is 30.6. The molecule has 3 aromatic rings. The molecule has 222 valence electrons. The Morgan fingerprint density at radius 1 is 0.625 bits per heavy atom. The van der Waals surface area contributed by atoms with Gasteiger partial charge in [0.1, 0.15) is 5.75 Å². The number of aromatic nitrogens is 3. The van der Waals surface area contributed by atoms with Crippen molar-refractivity contribution in [1.82, 2.24) is 15.0 Å². The van der Waals surface area contributed by atoms with E-state index in [1.54, 1.807) is 7.11 Å². The van der Waals surface area contributed by atoms with Gasteiger partial charge < -0.3 is 9.84 Å². The maximum Gasteiger partial charge on any atom is 0.140 e. The van der Waals surface area contributed by atoms with Crippen molar-refractivity contribution in [1.29, 1.82) is 0 Å². The minimum Gasteiger partial charge on any atom is -0.495 e. The van der Waals surface area contributed by atoms with E-state index in [1.165, 1.54) is 16.8 Å². The van der Waals surface area contributed by atoms with Crippen LogP contribution in [-0.4, -0.2) is 27.2 Å². The van der Waals surface area contributed by atoms with E-state index in [4.69, 9.17) is 4.74 Å². The topological polar surface area (TPSA) is 68.1 Å². The number of hydrogen-bond acceptors (Lipinski definition) is 5. The van der Waals surface area contributed by atoms with Crippen molar-refractivity contribution in [2.24, 2.45) is 0 Å². The van der Waals surface area contributed by atoms with Gasteiger partial charge in [-0.15, -0.1) is 0 Å². The molecule has 3 rings (SSSR count). The molecule has 0 saturated heterocycles. The van der Waals surface area contributed by atoms with Crippen molar-refractivity contribution in [2.45, 2.75) is 125 Å². The predicted molar refractivity (Wildman–Crippen MR) is 170 cm³/mol. The van der Waals surface area contributed by atoms with Gasteiger partial charge in [0.2, 0.25) is 0 Å². The lowest BCUT2D eigenvalue weighted by Gasteiger charge is -2.13. The van der Waals surface area contributed by atoms with Gasteiger partial charge in [0.25, 0.3) is 0 Å². The van der Waals surface area contributed by atoms with Gasteiger partial charge in [-0.05, 0) is 70.4 Å². The lowest BCUT2D eigenvalue weighted by molar-refractivity contribution is 0.274. The number of methoxy groups -OCH3 is 1. The highest BCUT2D eigenvalue weighted by molar-refractivity contribution is 5.34. The Labute approximate surface area is 244 Å². The van der Waals surface area contributed by atoms with Crippen LogP contribution >= 0.6 is 0 Å². The molecule has 5 nitrogen and oxygen atoms in total. The van der Waals surface area contributed by atoms with E-state index in [0.717, 1.165) is 28.4 Å². The summed E-state index contributed by atoms with van der Waals surface area (Å²) < 4.78 is 5.33. The highest BCUT2D eigenvalue weighted by Gasteiger charge is 2.11. The van der Waals surface area contributed by atoms with Gasteiger partial charge in [0, 0.05) is 23.8 Å². The monoisotopic (exact) mass is 549 g/mol. The molecule has 5 heteroatoms. The van der Waals surface area contributed by atoms with E-state index >= 15 is 0 Å². The van der Waals surface area contributed by atoms with Crippen LogP contribution in [0.5, 0.6) is 5.75 Å². The average molecular weight is 550 g/mol. The maximum absolute atomic E-state index is 9.21. The van der Waals surface area contributed by atoms with Crippen LogP contribution < -0.4 is 4.74 Å². The molecule has 0 saturated carbocycles. The Hall–Kier alpha value is -2.79. The number of nitrogens with zero attached hydrogens (tertiary/aromatic N) is 3. The molecule has 1 N–H and O–H groups in total. The molecule has 0 amide bonds. The zero-order valence-corrected chi connectivity index (χ0v) is 27.4. The third-order valence-corrected chi connectivity index (χ3v) is 6.80. The molecule has 0 fully saturated rings. The summed E-state index contributed by atoms with van der Waals surface area (Å²) in [6.45, 7) is 25.8. The lowest BCUT2D eigenvalue weighted by atomic mass is 9.99. The van der Waals surface area contributed by atoms with Crippen LogP contribution in [0, 0.1) is 0 Å². The van der Waals surface area contributed by atoms with Gasteiger partial charge in [-0.1, -0.05) is 95.2 Å². The first-order chi connectivity index (χ1) is 18.7. The van der Waals surface area contributed by atoms with Gasteiger partial charge in [-0.25, -0.2) is 0 Å². The largest absolute Gasteiger partial charge is 0.495 e. The SMILES string of the molecule is CC(C)c1ccc(C(C)C)c(CO)n1.CC(C)c1ccc(C(C)C)nc1.COc1cc(C(C)C)cnc1C(C)C. The number of pyridine rings is 3. The van der Waals surface area contributed by atoms with Gasteiger partial charge in [-0.2, -0.15) is 0 Å². The van der Waals surface area contributed by atoms with Crippen molar-refractivity contribution >= 4 is 0 Å². The van der Waals surface area contributed by atoms with Crippen LogP contribution in [0.15, 0.2) is 42.7 Å². The van der Waals surface area contributed by atoms with Crippen LogP contribution in [0.1, 0.15) is 158 Å². The highest BCUT2D eigenvalue weighted by Crippen LogP contribution is 2.27. The number of hydrogen-bond donors (Lipinski definition) is 1. The Morgan fingerprint density at radius 3 is 1.57 bits per heavy atom. The molecule has 0 radical (unpaired) electrons. The van der Waals surface area contributed by atoms with E-state index in [9.17, 15) is 5.11 Å². The Bertz CT molecular complexity index is 1040. The fraction of sp³-hybridized carbons (Fsp3) is 0.571. The molecule has 0 atom stereocenters. The van der Waals surface area contributed by atoms with Crippen molar-refractivity contribution in [3.63, 3.8) is 0 Å². The Balaban J connectivity index is 0.000000301. The van der Waals surface area contributed by atoms with Gasteiger partial charge in [0.05, 0.1) is 25.1 Å². The number of ether oxygens (including phenoxy) is 1. The van der Waals surface area contributed by atoms with Crippen molar-refractivity contribution < 1.29 is 9.84 Å². The number of aliphatic hydroxyl groups is 1. The van der Waals surface area contributed by atoms with Crippen LogP contribution in [0.25, 0.3) is 0 Å². The highest BCUT2D eigenvalue weighted by atomic mass is 16.5. The number of aliphatic hydroxyl groups excluding tert-OH is 1. The van der Waals surface area contributed by atoms with Crippen LogP contribution in [0.2, 0.25) is 0 Å². The van der Waals surface area contributed by atoms with E-state index in [0.29, 0.717) is 35.5 Å². The standard InChI is InChI=1S/2C12H19NO.C11H17N/c1-8(2)10-6-11(14-5)12(9(3)4)13-7-10;1-8(2)10-5-6-11(9(3)4)13-12(10)7-14;1-8(2)10-5-6-11(9(3)4)12-7-10/h6-9H,1-5H3;5-6,8-9,14H,7H2,1-4H3;5-9H,1-4H3. The van der Waals surface area contributed by atoms with Gasteiger partial charge in [-0.3, -0.25) is 15.0 Å². The summed E-state index contributed by atoms with van der Waals surface area (Å²) in [4.78, 5) is 13.3. The molecule has 3 heterocycles. The normalized spacial score (nSPS) is 11.2. The second kappa shape index (κ2) is 17.1. The van der Waals surface area contributed by atoms with Gasteiger partial charge in [0.15, 0.2) is 0 Å². The molecule has 0 aliphatic rings. The fourth-order valence-electron chi connectivity index (χ4n) is 3.99. The molecule has 0 unspecified atom stereocenters. The second-order valence-corrected chi connectivity index (χ2v) is 12.2. The van der Waals surface area contributed by atoms with Crippen LogP contribution in [0.4, 0.5) is 0 Å². The summed E-state index contributed by atoms with van der Waals surface area (Å²) in [7, 11) is 1.70.